The van der Waals surface area contributed by atoms with Crippen LogP contribution in [0.4, 0.5) is 0 Å². The molecule has 0 unspecified atom stereocenters. The lowest BCUT2D eigenvalue weighted by molar-refractivity contribution is 0.0951. The third-order valence-corrected chi connectivity index (χ3v) is 6.84. The first kappa shape index (κ1) is 23.4. The number of nitrogens with one attached hydrogen (secondary N) is 1. The van der Waals surface area contributed by atoms with Gasteiger partial charge in [0.1, 0.15) is 5.75 Å². The molecule has 1 heterocycles. The first-order chi connectivity index (χ1) is 15.3. The molecule has 0 aliphatic heterocycles. The summed E-state index contributed by atoms with van der Waals surface area (Å²) in [6, 6.07) is 13.2. The molecule has 32 heavy (non-hydrogen) atoms. The lowest BCUT2D eigenvalue weighted by Crippen LogP contribution is -2.30. The zero-order valence-corrected chi connectivity index (χ0v) is 19.1. The number of aryl methyl sites for hydroxylation is 1. The Morgan fingerprint density at radius 2 is 1.72 bits per heavy atom. The van der Waals surface area contributed by atoms with E-state index in [1.54, 1.807) is 69.3 Å². The number of hydrogen-bond acceptors (Lipinski definition) is 7. The van der Waals surface area contributed by atoms with Crippen molar-refractivity contribution in [3.8, 4) is 5.75 Å². The second-order valence-corrected chi connectivity index (χ2v) is 8.90. The van der Waals surface area contributed by atoms with Crippen LogP contribution in [0.25, 0.3) is 0 Å². The topological polar surface area (TPSA) is 115 Å². The summed E-state index contributed by atoms with van der Waals surface area (Å²) in [5.74, 6) is 1.25. The van der Waals surface area contributed by atoms with E-state index in [1.807, 2.05) is 0 Å². The van der Waals surface area contributed by atoms with E-state index >= 15 is 0 Å². The normalized spacial score (nSPS) is 11.5. The number of nitrogens with zero attached hydrogens (tertiary/aromatic N) is 3. The molecule has 0 saturated carbocycles. The monoisotopic (exact) mass is 458 g/mol. The van der Waals surface area contributed by atoms with Crippen LogP contribution in [0.15, 0.2) is 57.9 Å². The van der Waals surface area contributed by atoms with E-state index in [0.29, 0.717) is 36.1 Å². The number of sulfonamides is 1. The van der Waals surface area contributed by atoms with E-state index in [1.165, 1.54) is 4.31 Å². The molecule has 170 valence electrons. The molecule has 1 aromatic heterocycles. The summed E-state index contributed by atoms with van der Waals surface area (Å²) in [5, 5.41) is 6.58. The number of carbonyl (C=O) groups excluding carboxylic acids is 1. The van der Waals surface area contributed by atoms with Gasteiger partial charge in [0.25, 0.3) is 5.91 Å². The first-order valence-electron chi connectivity index (χ1n) is 10.2. The van der Waals surface area contributed by atoms with Gasteiger partial charge in [-0.2, -0.15) is 9.29 Å². The largest absolute Gasteiger partial charge is 0.485 e. The second-order valence-electron chi connectivity index (χ2n) is 6.96. The van der Waals surface area contributed by atoms with Crippen LogP contribution in [0.2, 0.25) is 0 Å². The van der Waals surface area contributed by atoms with Crippen LogP contribution in [0, 0.1) is 6.92 Å². The summed E-state index contributed by atoms with van der Waals surface area (Å²) < 4.78 is 37.0. The lowest BCUT2D eigenvalue weighted by Gasteiger charge is -2.18. The highest BCUT2D eigenvalue weighted by molar-refractivity contribution is 7.89. The van der Waals surface area contributed by atoms with E-state index in [4.69, 9.17) is 9.26 Å². The van der Waals surface area contributed by atoms with Crippen molar-refractivity contribution in [3.05, 3.63) is 71.4 Å². The fourth-order valence-corrected chi connectivity index (χ4v) is 4.48. The third kappa shape index (κ3) is 5.71. The summed E-state index contributed by atoms with van der Waals surface area (Å²) in [6.45, 7) is 6.58. The van der Waals surface area contributed by atoms with E-state index < -0.39 is 10.0 Å². The molecule has 0 saturated heterocycles. The maximum Gasteiger partial charge on any atom is 0.251 e. The number of aromatic nitrogens is 2. The molecule has 0 fully saturated rings. The van der Waals surface area contributed by atoms with Crippen molar-refractivity contribution >= 4 is 15.9 Å². The SMILES string of the molecule is CCN(CC)S(=O)(=O)c1ccc(CNC(=O)c2ccc(OCc3noc(C)n3)cc2)cc1. The van der Waals surface area contributed by atoms with E-state index in [9.17, 15) is 13.2 Å². The van der Waals surface area contributed by atoms with Crippen LogP contribution >= 0.6 is 0 Å². The Hall–Kier alpha value is -3.24. The highest BCUT2D eigenvalue weighted by Gasteiger charge is 2.21. The van der Waals surface area contributed by atoms with Crippen LogP contribution in [0.1, 0.15) is 41.5 Å². The Balaban J connectivity index is 1.54. The quantitative estimate of drug-likeness (QED) is 0.497. The highest BCUT2D eigenvalue weighted by atomic mass is 32.2. The van der Waals surface area contributed by atoms with Crippen molar-refractivity contribution < 1.29 is 22.5 Å². The lowest BCUT2D eigenvalue weighted by atomic mass is 10.2. The minimum Gasteiger partial charge on any atom is -0.485 e. The fraction of sp³-hybridized carbons (Fsp3) is 0.318. The number of amides is 1. The average Bonchev–Trinajstić information content (AvgIpc) is 3.22. The zero-order valence-electron chi connectivity index (χ0n) is 18.2. The van der Waals surface area contributed by atoms with Gasteiger partial charge in [-0.3, -0.25) is 4.79 Å². The van der Waals surface area contributed by atoms with Gasteiger partial charge in [0, 0.05) is 32.1 Å². The molecule has 0 bridgehead atoms. The Kier molecular flexibility index (Phi) is 7.60. The average molecular weight is 459 g/mol. The van der Waals surface area contributed by atoms with Gasteiger partial charge in [-0.05, 0) is 42.0 Å². The maximum absolute atomic E-state index is 12.5. The molecular formula is C22H26N4O5S. The van der Waals surface area contributed by atoms with Crippen LogP contribution in [-0.2, 0) is 23.2 Å². The molecule has 1 amide bonds. The first-order valence-corrected chi connectivity index (χ1v) is 11.7. The van der Waals surface area contributed by atoms with Crippen LogP contribution in [0.5, 0.6) is 5.75 Å². The number of rotatable bonds is 10. The van der Waals surface area contributed by atoms with E-state index in [2.05, 4.69) is 15.5 Å². The minimum atomic E-state index is -3.50. The highest BCUT2D eigenvalue weighted by Crippen LogP contribution is 2.17. The van der Waals surface area contributed by atoms with E-state index in [-0.39, 0.29) is 24.0 Å². The summed E-state index contributed by atoms with van der Waals surface area (Å²) in [7, 11) is -3.50. The van der Waals surface area contributed by atoms with Gasteiger partial charge in [0.2, 0.25) is 21.7 Å². The molecule has 0 radical (unpaired) electrons. The number of ether oxygens (including phenoxy) is 1. The Bertz CT molecular complexity index is 1140. The van der Waals surface area contributed by atoms with Crippen LogP contribution < -0.4 is 10.1 Å². The van der Waals surface area contributed by atoms with Gasteiger partial charge in [-0.15, -0.1) is 0 Å². The van der Waals surface area contributed by atoms with E-state index in [0.717, 1.165) is 5.56 Å². The van der Waals surface area contributed by atoms with Gasteiger partial charge in [-0.25, -0.2) is 8.42 Å². The Morgan fingerprint density at radius 1 is 1.06 bits per heavy atom. The standard InChI is InChI=1S/C22H26N4O5S/c1-4-26(5-2)32(28,29)20-12-6-17(7-13-20)14-23-22(27)18-8-10-19(11-9-18)30-15-21-24-16(3)31-25-21/h6-13H,4-5,14-15H2,1-3H3,(H,23,27). The van der Waals surface area contributed by atoms with Crippen molar-refractivity contribution in [2.75, 3.05) is 13.1 Å². The molecule has 0 atom stereocenters. The smallest absolute Gasteiger partial charge is 0.251 e. The van der Waals surface area contributed by atoms with Crippen molar-refractivity contribution in [1.82, 2.24) is 19.8 Å². The van der Waals surface area contributed by atoms with Crippen LogP contribution in [-0.4, -0.2) is 41.9 Å². The Labute approximate surface area is 187 Å². The molecule has 10 heteroatoms. The van der Waals surface area contributed by atoms with Crippen molar-refractivity contribution in [2.24, 2.45) is 0 Å². The van der Waals surface area contributed by atoms with Gasteiger partial charge < -0.3 is 14.6 Å². The molecule has 3 rings (SSSR count). The van der Waals surface area contributed by atoms with Crippen molar-refractivity contribution in [2.45, 2.75) is 38.8 Å². The summed E-state index contributed by atoms with van der Waals surface area (Å²) in [4.78, 5) is 16.7. The number of carbonyl (C=O) groups is 1. The second kappa shape index (κ2) is 10.4. The summed E-state index contributed by atoms with van der Waals surface area (Å²) in [6.07, 6.45) is 0. The summed E-state index contributed by atoms with van der Waals surface area (Å²) in [5.41, 5.74) is 1.28. The molecule has 1 N–H and O–H groups in total. The minimum absolute atomic E-state index is 0.170. The molecule has 0 aliphatic rings. The predicted octanol–water partition coefficient (Wildman–Crippen LogP) is 2.92. The fourth-order valence-electron chi connectivity index (χ4n) is 3.03. The molecule has 2 aromatic carbocycles. The third-order valence-electron chi connectivity index (χ3n) is 4.77. The molecule has 0 spiro atoms. The summed E-state index contributed by atoms with van der Waals surface area (Å²) >= 11 is 0. The van der Waals surface area contributed by atoms with Gasteiger partial charge in [0.05, 0.1) is 4.90 Å². The van der Waals surface area contributed by atoms with Crippen LogP contribution in [0.3, 0.4) is 0 Å². The van der Waals surface area contributed by atoms with Crippen molar-refractivity contribution in [1.29, 1.82) is 0 Å². The van der Waals surface area contributed by atoms with Gasteiger partial charge in [0.15, 0.2) is 6.61 Å². The molecule has 9 nitrogen and oxygen atoms in total. The Morgan fingerprint density at radius 3 is 2.28 bits per heavy atom. The number of hydrogen-bond donors (Lipinski definition) is 1. The van der Waals surface area contributed by atoms with Crippen molar-refractivity contribution in [3.63, 3.8) is 0 Å². The van der Waals surface area contributed by atoms with Gasteiger partial charge >= 0.3 is 0 Å². The zero-order chi connectivity index (χ0) is 23.1. The molecular weight excluding hydrogens is 432 g/mol. The van der Waals surface area contributed by atoms with Gasteiger partial charge in [-0.1, -0.05) is 31.1 Å². The molecule has 0 aliphatic carbocycles. The number of benzene rings is 2. The molecule has 3 aromatic rings. The maximum atomic E-state index is 12.5. The predicted molar refractivity (Wildman–Crippen MR) is 118 cm³/mol.